The van der Waals surface area contributed by atoms with E-state index in [1.165, 1.54) is 0 Å². The van der Waals surface area contributed by atoms with E-state index in [4.69, 9.17) is 15.7 Å². The molecule has 0 radical (unpaired) electrons. The van der Waals surface area contributed by atoms with Crippen molar-refractivity contribution in [2.45, 2.75) is 39.7 Å². The molecule has 0 saturated heterocycles. The number of hydrogen-bond acceptors (Lipinski definition) is 5. The average Bonchev–Trinajstić information content (AvgIpc) is 2.49. The van der Waals surface area contributed by atoms with Crippen molar-refractivity contribution < 1.29 is 9.94 Å². The number of ether oxygens (including phenoxy) is 1. The number of rotatable bonds is 8. The molecule has 0 bridgehead atoms. The van der Waals surface area contributed by atoms with Crippen molar-refractivity contribution in [2.75, 3.05) is 25.2 Å². The maximum Gasteiger partial charge on any atom is 0.170 e. The Morgan fingerprint density at radius 2 is 2.10 bits per heavy atom. The fourth-order valence-electron chi connectivity index (χ4n) is 2.41. The van der Waals surface area contributed by atoms with Crippen LogP contribution in [0.1, 0.15) is 37.9 Å². The summed E-state index contributed by atoms with van der Waals surface area (Å²) in [6.45, 7) is 7.61. The van der Waals surface area contributed by atoms with Gasteiger partial charge in [0.15, 0.2) is 5.84 Å². The number of pyridine rings is 1. The molecular formula is C15H26N4O2. The fraction of sp³-hybridized carbons (Fsp3) is 0.600. The molecule has 0 unspecified atom stereocenters. The van der Waals surface area contributed by atoms with Gasteiger partial charge in [0, 0.05) is 31.0 Å². The number of oxime groups is 1. The second kappa shape index (κ2) is 8.46. The Bertz CT molecular complexity index is 473. The van der Waals surface area contributed by atoms with Crippen LogP contribution in [-0.2, 0) is 4.74 Å². The summed E-state index contributed by atoms with van der Waals surface area (Å²) in [5, 5.41) is 11.9. The molecular weight excluding hydrogens is 268 g/mol. The highest BCUT2D eigenvalue weighted by atomic mass is 16.5. The van der Waals surface area contributed by atoms with Crippen molar-refractivity contribution in [1.29, 1.82) is 0 Å². The van der Waals surface area contributed by atoms with E-state index in [9.17, 15) is 0 Å². The molecule has 1 heterocycles. The molecule has 0 saturated carbocycles. The summed E-state index contributed by atoms with van der Waals surface area (Å²) in [4.78, 5) is 6.83. The third-order valence-corrected chi connectivity index (χ3v) is 3.56. The first kappa shape index (κ1) is 17.2. The van der Waals surface area contributed by atoms with Crippen LogP contribution < -0.4 is 10.6 Å². The van der Waals surface area contributed by atoms with Gasteiger partial charge in [-0.05, 0) is 31.9 Å². The minimum absolute atomic E-state index is 0.0954. The van der Waals surface area contributed by atoms with Crippen molar-refractivity contribution in [2.24, 2.45) is 10.9 Å². The standard InChI is InChI=1S/C15H26N4O2/c1-5-13(6-2)19(7-8-21-4)14-10-12(15(16)18-20)9-11(3)17-14/h9-10,13,20H,5-8H2,1-4H3,(H2,16,18). The van der Waals surface area contributed by atoms with Crippen LogP contribution in [0.3, 0.4) is 0 Å². The summed E-state index contributed by atoms with van der Waals surface area (Å²) in [6.07, 6.45) is 2.05. The van der Waals surface area contributed by atoms with Gasteiger partial charge in [-0.3, -0.25) is 0 Å². The predicted molar refractivity (Wildman–Crippen MR) is 85.1 cm³/mol. The quantitative estimate of drug-likeness (QED) is 0.332. The molecule has 6 heteroatoms. The normalized spacial score (nSPS) is 12.0. The zero-order chi connectivity index (χ0) is 15.8. The molecule has 1 aromatic heterocycles. The Labute approximate surface area is 126 Å². The van der Waals surface area contributed by atoms with Crippen LogP contribution in [0.25, 0.3) is 0 Å². The molecule has 0 aliphatic carbocycles. The van der Waals surface area contributed by atoms with Crippen molar-refractivity contribution >= 4 is 11.7 Å². The topological polar surface area (TPSA) is 84.0 Å². The molecule has 1 rings (SSSR count). The van der Waals surface area contributed by atoms with Crippen LogP contribution in [0.15, 0.2) is 17.3 Å². The van der Waals surface area contributed by atoms with E-state index >= 15 is 0 Å². The number of methoxy groups -OCH3 is 1. The van der Waals surface area contributed by atoms with E-state index in [-0.39, 0.29) is 5.84 Å². The number of aromatic nitrogens is 1. The molecule has 0 atom stereocenters. The van der Waals surface area contributed by atoms with Crippen molar-refractivity contribution in [1.82, 2.24) is 4.98 Å². The van der Waals surface area contributed by atoms with Crippen LogP contribution in [0.4, 0.5) is 5.82 Å². The van der Waals surface area contributed by atoms with Crippen molar-refractivity contribution in [3.05, 3.63) is 23.4 Å². The summed E-state index contributed by atoms with van der Waals surface area (Å²) < 4.78 is 5.20. The Hall–Kier alpha value is -1.82. The van der Waals surface area contributed by atoms with Gasteiger partial charge >= 0.3 is 0 Å². The van der Waals surface area contributed by atoms with Crippen LogP contribution in [0.5, 0.6) is 0 Å². The van der Waals surface area contributed by atoms with Crippen LogP contribution in [-0.4, -0.2) is 42.3 Å². The van der Waals surface area contributed by atoms with Gasteiger partial charge in [0.25, 0.3) is 0 Å². The van der Waals surface area contributed by atoms with Gasteiger partial charge in [-0.1, -0.05) is 19.0 Å². The van der Waals surface area contributed by atoms with Crippen molar-refractivity contribution in [3.63, 3.8) is 0 Å². The van der Waals surface area contributed by atoms with Gasteiger partial charge in [0.1, 0.15) is 5.82 Å². The molecule has 0 amide bonds. The minimum atomic E-state index is 0.0954. The molecule has 0 aliphatic heterocycles. The lowest BCUT2D eigenvalue weighted by atomic mass is 10.1. The maximum absolute atomic E-state index is 8.86. The second-order valence-electron chi connectivity index (χ2n) is 5.00. The van der Waals surface area contributed by atoms with Gasteiger partial charge < -0.3 is 20.6 Å². The molecule has 118 valence electrons. The first-order valence-corrected chi connectivity index (χ1v) is 7.29. The third kappa shape index (κ3) is 4.60. The molecule has 3 N–H and O–H groups in total. The minimum Gasteiger partial charge on any atom is -0.409 e. The Morgan fingerprint density at radius 3 is 2.62 bits per heavy atom. The van der Waals surface area contributed by atoms with E-state index < -0.39 is 0 Å². The number of anilines is 1. The SMILES string of the molecule is CCC(CC)N(CCOC)c1cc(/C(N)=N/O)cc(C)n1. The molecule has 0 aromatic carbocycles. The van der Waals surface area contributed by atoms with E-state index in [1.54, 1.807) is 13.2 Å². The summed E-state index contributed by atoms with van der Waals surface area (Å²) in [7, 11) is 1.69. The van der Waals surface area contributed by atoms with E-state index in [2.05, 4.69) is 28.9 Å². The molecule has 0 aliphatic rings. The number of aryl methyl sites for hydroxylation is 1. The van der Waals surface area contributed by atoms with E-state index in [1.807, 2.05) is 13.0 Å². The molecule has 0 fully saturated rings. The molecule has 1 aromatic rings. The van der Waals surface area contributed by atoms with Gasteiger partial charge in [-0.25, -0.2) is 4.98 Å². The summed E-state index contributed by atoms with van der Waals surface area (Å²) in [6, 6.07) is 4.05. The van der Waals surface area contributed by atoms with Gasteiger partial charge in [-0.2, -0.15) is 0 Å². The average molecular weight is 294 g/mol. The van der Waals surface area contributed by atoms with Gasteiger partial charge in [0.05, 0.1) is 6.61 Å². The third-order valence-electron chi connectivity index (χ3n) is 3.56. The number of amidine groups is 1. The lowest BCUT2D eigenvalue weighted by molar-refractivity contribution is 0.202. The predicted octanol–water partition coefficient (Wildman–Crippen LogP) is 2.13. The number of nitrogens with zero attached hydrogens (tertiary/aromatic N) is 3. The second-order valence-corrected chi connectivity index (χ2v) is 5.00. The Kier molecular flexibility index (Phi) is 6.94. The van der Waals surface area contributed by atoms with Gasteiger partial charge in [0.2, 0.25) is 0 Å². The lowest BCUT2D eigenvalue weighted by Gasteiger charge is -2.32. The van der Waals surface area contributed by atoms with Crippen LogP contribution >= 0.6 is 0 Å². The highest BCUT2D eigenvalue weighted by molar-refractivity contribution is 5.97. The zero-order valence-corrected chi connectivity index (χ0v) is 13.3. The van der Waals surface area contributed by atoms with Crippen molar-refractivity contribution in [3.8, 4) is 0 Å². The lowest BCUT2D eigenvalue weighted by Crippen LogP contribution is -2.38. The number of hydrogen-bond donors (Lipinski definition) is 2. The van der Waals surface area contributed by atoms with E-state index in [0.717, 1.165) is 30.9 Å². The largest absolute Gasteiger partial charge is 0.409 e. The number of nitrogens with two attached hydrogens (primary N) is 1. The molecule has 6 nitrogen and oxygen atoms in total. The molecule has 21 heavy (non-hydrogen) atoms. The van der Waals surface area contributed by atoms with E-state index in [0.29, 0.717) is 18.2 Å². The first-order valence-electron chi connectivity index (χ1n) is 7.29. The van der Waals surface area contributed by atoms with Crippen LogP contribution in [0, 0.1) is 6.92 Å². The Morgan fingerprint density at radius 1 is 1.43 bits per heavy atom. The van der Waals surface area contributed by atoms with Gasteiger partial charge in [-0.15, -0.1) is 0 Å². The zero-order valence-electron chi connectivity index (χ0n) is 13.3. The summed E-state index contributed by atoms with van der Waals surface area (Å²) >= 11 is 0. The summed E-state index contributed by atoms with van der Waals surface area (Å²) in [5.41, 5.74) is 7.21. The maximum atomic E-state index is 8.86. The highest BCUT2D eigenvalue weighted by Gasteiger charge is 2.18. The summed E-state index contributed by atoms with van der Waals surface area (Å²) in [5.74, 6) is 0.931. The smallest absolute Gasteiger partial charge is 0.170 e. The monoisotopic (exact) mass is 294 g/mol. The highest BCUT2D eigenvalue weighted by Crippen LogP contribution is 2.20. The first-order chi connectivity index (χ1) is 10.1. The Balaban J connectivity index is 3.19. The van der Waals surface area contributed by atoms with Crippen LogP contribution in [0.2, 0.25) is 0 Å². The fourth-order valence-corrected chi connectivity index (χ4v) is 2.41. The molecule has 0 spiro atoms.